The summed E-state index contributed by atoms with van der Waals surface area (Å²) in [6.07, 6.45) is 3.80. The van der Waals surface area contributed by atoms with E-state index < -0.39 is 0 Å². The van der Waals surface area contributed by atoms with Crippen LogP contribution in [-0.2, 0) is 0 Å². The summed E-state index contributed by atoms with van der Waals surface area (Å²) in [7, 11) is 1.90. The maximum atomic E-state index is 4.65. The Kier molecular flexibility index (Phi) is 5.52. The Balaban J connectivity index is 2.04. The molecule has 2 atom stereocenters. The number of rotatable bonds is 6. The van der Waals surface area contributed by atoms with Crippen molar-refractivity contribution in [3.05, 3.63) is 11.9 Å². The van der Waals surface area contributed by atoms with Crippen molar-refractivity contribution in [3.8, 4) is 0 Å². The summed E-state index contributed by atoms with van der Waals surface area (Å²) in [6, 6.07) is 2.56. The molecule has 0 aromatic carbocycles. The largest absolute Gasteiger partial charge is 0.373 e. The number of hydrogen-bond acceptors (Lipinski definition) is 5. The van der Waals surface area contributed by atoms with E-state index in [9.17, 15) is 0 Å². The predicted octanol–water partition coefficient (Wildman–Crippen LogP) is 3.73. The number of thioether (sulfide) groups is 1. The van der Waals surface area contributed by atoms with Gasteiger partial charge in [-0.15, -0.1) is 0 Å². The molecular weight excluding hydrogens is 268 g/mol. The Labute approximate surface area is 126 Å². The first-order chi connectivity index (χ1) is 9.62. The molecule has 1 aromatic heterocycles. The van der Waals surface area contributed by atoms with Crippen LogP contribution in [0.4, 0.5) is 11.6 Å². The van der Waals surface area contributed by atoms with Crippen molar-refractivity contribution >= 4 is 23.4 Å². The van der Waals surface area contributed by atoms with Gasteiger partial charge < -0.3 is 10.6 Å². The fraction of sp³-hybridized carbons (Fsp3) is 0.733. The lowest BCUT2D eigenvalue weighted by atomic mass is 10.2. The molecule has 0 spiro atoms. The molecule has 2 unspecified atom stereocenters. The van der Waals surface area contributed by atoms with Gasteiger partial charge in [-0.25, -0.2) is 9.97 Å². The maximum Gasteiger partial charge on any atom is 0.135 e. The van der Waals surface area contributed by atoms with Crippen molar-refractivity contribution in [2.45, 2.75) is 57.2 Å². The SMILES string of the molecule is CCSC1CCC(Nc2cc(NC)nc(C(C)C)n2)C1. The van der Waals surface area contributed by atoms with E-state index in [1.165, 1.54) is 25.0 Å². The quantitative estimate of drug-likeness (QED) is 0.837. The van der Waals surface area contributed by atoms with Crippen molar-refractivity contribution in [2.75, 3.05) is 23.4 Å². The zero-order valence-electron chi connectivity index (χ0n) is 12.9. The Bertz CT molecular complexity index is 436. The minimum atomic E-state index is 0.343. The molecule has 5 heteroatoms. The van der Waals surface area contributed by atoms with Gasteiger partial charge >= 0.3 is 0 Å². The topological polar surface area (TPSA) is 49.8 Å². The maximum absolute atomic E-state index is 4.65. The Morgan fingerprint density at radius 1 is 1.30 bits per heavy atom. The predicted molar refractivity (Wildman–Crippen MR) is 88.8 cm³/mol. The summed E-state index contributed by atoms with van der Waals surface area (Å²) in [5, 5.41) is 7.53. The van der Waals surface area contributed by atoms with E-state index >= 15 is 0 Å². The molecule has 0 bridgehead atoms. The minimum absolute atomic E-state index is 0.343. The molecule has 0 saturated heterocycles. The zero-order chi connectivity index (χ0) is 14.5. The fourth-order valence-corrected chi connectivity index (χ4v) is 3.74. The lowest BCUT2D eigenvalue weighted by molar-refractivity contribution is 0.736. The molecule has 112 valence electrons. The first-order valence-electron chi connectivity index (χ1n) is 7.57. The van der Waals surface area contributed by atoms with Crippen LogP contribution in [0.3, 0.4) is 0 Å². The third-order valence-corrected chi connectivity index (χ3v) is 4.89. The van der Waals surface area contributed by atoms with Crippen LogP contribution in [0, 0.1) is 0 Å². The molecule has 2 rings (SSSR count). The standard InChI is InChI=1S/C15H26N4S/c1-5-20-12-7-6-11(8-12)17-14-9-13(16-4)18-15(19-14)10(2)3/h9-12H,5-8H2,1-4H3,(H2,16,17,18,19). The second kappa shape index (κ2) is 7.16. The summed E-state index contributed by atoms with van der Waals surface area (Å²) >= 11 is 2.08. The number of nitrogens with one attached hydrogen (secondary N) is 2. The molecule has 0 amide bonds. The third-order valence-electron chi connectivity index (χ3n) is 3.65. The first kappa shape index (κ1) is 15.4. The Morgan fingerprint density at radius 2 is 2.05 bits per heavy atom. The van der Waals surface area contributed by atoms with Crippen LogP contribution in [0.5, 0.6) is 0 Å². The van der Waals surface area contributed by atoms with Gasteiger partial charge in [0.15, 0.2) is 0 Å². The molecule has 2 N–H and O–H groups in total. The van der Waals surface area contributed by atoms with Crippen LogP contribution in [0.25, 0.3) is 0 Å². The highest BCUT2D eigenvalue weighted by Crippen LogP contribution is 2.31. The van der Waals surface area contributed by atoms with Gasteiger partial charge in [-0.05, 0) is 25.0 Å². The minimum Gasteiger partial charge on any atom is -0.373 e. The normalized spacial score (nSPS) is 22.2. The fourth-order valence-electron chi connectivity index (χ4n) is 2.59. The average Bonchev–Trinajstić information content (AvgIpc) is 2.86. The van der Waals surface area contributed by atoms with Gasteiger partial charge in [-0.3, -0.25) is 0 Å². The average molecular weight is 294 g/mol. The first-order valence-corrected chi connectivity index (χ1v) is 8.62. The van der Waals surface area contributed by atoms with Gasteiger partial charge in [-0.1, -0.05) is 20.8 Å². The van der Waals surface area contributed by atoms with Crippen molar-refractivity contribution in [1.82, 2.24) is 9.97 Å². The molecule has 1 heterocycles. The molecule has 1 aromatic rings. The Morgan fingerprint density at radius 3 is 2.70 bits per heavy atom. The summed E-state index contributed by atoms with van der Waals surface area (Å²) in [4.78, 5) is 9.15. The molecule has 1 aliphatic rings. The van der Waals surface area contributed by atoms with Gasteiger partial charge in [0, 0.05) is 30.3 Å². The van der Waals surface area contributed by atoms with Crippen molar-refractivity contribution in [2.24, 2.45) is 0 Å². The molecule has 1 aliphatic carbocycles. The van der Waals surface area contributed by atoms with E-state index in [-0.39, 0.29) is 0 Å². The monoisotopic (exact) mass is 294 g/mol. The van der Waals surface area contributed by atoms with Gasteiger partial charge in [0.05, 0.1) is 0 Å². The number of nitrogens with zero attached hydrogens (tertiary/aromatic N) is 2. The molecule has 0 aliphatic heterocycles. The van der Waals surface area contributed by atoms with Crippen LogP contribution >= 0.6 is 11.8 Å². The van der Waals surface area contributed by atoms with Crippen LogP contribution in [0.15, 0.2) is 6.07 Å². The van der Waals surface area contributed by atoms with Gasteiger partial charge in [-0.2, -0.15) is 11.8 Å². The van der Waals surface area contributed by atoms with Gasteiger partial charge in [0.1, 0.15) is 17.5 Å². The number of anilines is 2. The summed E-state index contributed by atoms with van der Waals surface area (Å²) in [5.41, 5.74) is 0. The van der Waals surface area contributed by atoms with Gasteiger partial charge in [0.2, 0.25) is 0 Å². The second-order valence-electron chi connectivity index (χ2n) is 5.63. The molecular formula is C15H26N4S. The lowest BCUT2D eigenvalue weighted by Crippen LogP contribution is -2.18. The third kappa shape index (κ3) is 4.01. The second-order valence-corrected chi connectivity index (χ2v) is 7.21. The van der Waals surface area contributed by atoms with E-state index in [1.807, 2.05) is 13.1 Å². The number of hydrogen-bond donors (Lipinski definition) is 2. The van der Waals surface area contributed by atoms with E-state index in [4.69, 9.17) is 0 Å². The summed E-state index contributed by atoms with van der Waals surface area (Å²) in [6.45, 7) is 6.49. The van der Waals surface area contributed by atoms with Crippen LogP contribution < -0.4 is 10.6 Å². The molecule has 20 heavy (non-hydrogen) atoms. The highest BCUT2D eigenvalue weighted by atomic mass is 32.2. The van der Waals surface area contributed by atoms with Crippen molar-refractivity contribution in [3.63, 3.8) is 0 Å². The van der Waals surface area contributed by atoms with E-state index in [1.54, 1.807) is 0 Å². The molecule has 1 fully saturated rings. The van der Waals surface area contributed by atoms with Crippen LogP contribution in [0.1, 0.15) is 51.8 Å². The van der Waals surface area contributed by atoms with Crippen molar-refractivity contribution in [1.29, 1.82) is 0 Å². The highest BCUT2D eigenvalue weighted by molar-refractivity contribution is 7.99. The highest BCUT2D eigenvalue weighted by Gasteiger charge is 2.24. The molecule has 0 radical (unpaired) electrons. The van der Waals surface area contributed by atoms with Crippen LogP contribution in [-0.4, -0.2) is 34.1 Å². The van der Waals surface area contributed by atoms with Gasteiger partial charge in [0.25, 0.3) is 0 Å². The Hall–Kier alpha value is -0.970. The molecule has 4 nitrogen and oxygen atoms in total. The van der Waals surface area contributed by atoms with E-state index in [0.29, 0.717) is 12.0 Å². The van der Waals surface area contributed by atoms with E-state index in [2.05, 4.69) is 53.1 Å². The molecule has 1 saturated carbocycles. The summed E-state index contributed by atoms with van der Waals surface area (Å²) < 4.78 is 0. The van der Waals surface area contributed by atoms with Crippen molar-refractivity contribution < 1.29 is 0 Å². The summed E-state index contributed by atoms with van der Waals surface area (Å²) in [5.74, 6) is 4.31. The van der Waals surface area contributed by atoms with Crippen LogP contribution in [0.2, 0.25) is 0 Å². The zero-order valence-corrected chi connectivity index (χ0v) is 13.8. The lowest BCUT2D eigenvalue weighted by Gasteiger charge is -2.16. The van der Waals surface area contributed by atoms with E-state index in [0.717, 1.165) is 22.7 Å². The smallest absolute Gasteiger partial charge is 0.135 e. The number of aromatic nitrogens is 2.